The number of rotatable bonds is 5. The molecule has 17 heavy (non-hydrogen) atoms. The highest BCUT2D eigenvalue weighted by Crippen LogP contribution is 2.15. The van der Waals surface area contributed by atoms with Crippen LogP contribution in [0.4, 0.5) is 5.69 Å². The van der Waals surface area contributed by atoms with Crippen molar-refractivity contribution in [2.45, 2.75) is 5.33 Å². The minimum absolute atomic E-state index is 0.352. The van der Waals surface area contributed by atoms with E-state index in [0.717, 1.165) is 11.8 Å². The van der Waals surface area contributed by atoms with E-state index in [-0.39, 0.29) is 0 Å². The van der Waals surface area contributed by atoms with Crippen molar-refractivity contribution < 1.29 is 16.8 Å². The molecule has 0 spiro atoms. The summed E-state index contributed by atoms with van der Waals surface area (Å²) in [7, 11) is -7.45. The number of alkyl halides is 1. The molecule has 0 amide bonds. The Hall–Kier alpha value is -0.600. The van der Waals surface area contributed by atoms with Gasteiger partial charge in [0.05, 0.1) is 0 Å². The first-order valence-corrected chi connectivity index (χ1v) is 9.38. The molecule has 0 radical (unpaired) electrons. The summed E-state index contributed by atoms with van der Waals surface area (Å²) in [5.74, 6) is 0. The molecule has 0 aromatic heterocycles. The molecule has 1 N–H and O–H groups in total. The summed E-state index contributed by atoms with van der Waals surface area (Å²) in [6.07, 6.45) is 0.876. The monoisotopic (exact) mass is 341 g/mol. The Morgan fingerprint density at radius 3 is 2.41 bits per heavy atom. The molecule has 8 heteroatoms. The van der Waals surface area contributed by atoms with Gasteiger partial charge in [-0.15, -0.1) is 0 Å². The molecule has 0 unspecified atom stereocenters. The number of hydrogen-bond donors (Lipinski definition) is 1. The summed E-state index contributed by atoms with van der Waals surface area (Å²) < 4.78 is 47.1. The topological polar surface area (TPSA) is 80.3 Å². The highest BCUT2D eigenvalue weighted by molar-refractivity contribution is 9.08. The van der Waals surface area contributed by atoms with Crippen LogP contribution < -0.4 is 4.72 Å². The predicted molar refractivity (Wildman–Crippen MR) is 71.3 cm³/mol. The van der Waals surface area contributed by atoms with Crippen LogP contribution >= 0.6 is 15.9 Å². The maximum absolute atomic E-state index is 11.5. The zero-order chi connectivity index (χ0) is 13.1. The van der Waals surface area contributed by atoms with E-state index >= 15 is 0 Å². The molecule has 0 saturated carbocycles. The summed E-state index contributed by atoms with van der Waals surface area (Å²) >= 11 is 3.25. The lowest BCUT2D eigenvalue weighted by molar-refractivity contribution is 0.595. The molecule has 0 aliphatic carbocycles. The van der Waals surface area contributed by atoms with Gasteiger partial charge in [0.1, 0.15) is 0 Å². The third-order valence-corrected chi connectivity index (χ3v) is 5.87. The molecule has 0 aliphatic heterocycles. The molecule has 0 heterocycles. The lowest BCUT2D eigenvalue weighted by atomic mass is 10.2. The molecular weight excluding hydrogens is 330 g/mol. The molecular formula is C9H12BrNO4S2. The van der Waals surface area contributed by atoms with Crippen LogP contribution in [0, 0.1) is 0 Å². The largest absolute Gasteiger partial charge is 0.283 e. The van der Waals surface area contributed by atoms with Gasteiger partial charge in [-0.1, -0.05) is 28.1 Å². The Bertz CT molecular complexity index is 595. The van der Waals surface area contributed by atoms with Crippen LogP contribution in [0.15, 0.2) is 24.3 Å². The summed E-state index contributed by atoms with van der Waals surface area (Å²) in [5.41, 5.74) is 1.25. The van der Waals surface area contributed by atoms with E-state index in [1.807, 2.05) is 6.07 Å². The first-order valence-electron chi connectivity index (χ1n) is 4.55. The summed E-state index contributed by atoms with van der Waals surface area (Å²) in [4.78, 5) is 0. The fraction of sp³-hybridized carbons (Fsp3) is 0.333. The van der Waals surface area contributed by atoms with Crippen molar-refractivity contribution in [1.29, 1.82) is 0 Å². The number of sulfone groups is 1. The van der Waals surface area contributed by atoms with Crippen LogP contribution in [0.3, 0.4) is 0 Å². The van der Waals surface area contributed by atoms with Crippen LogP contribution in [0.5, 0.6) is 0 Å². The van der Waals surface area contributed by atoms with Crippen LogP contribution in [-0.2, 0) is 25.2 Å². The Morgan fingerprint density at radius 2 is 1.88 bits per heavy atom. The second-order valence-corrected chi connectivity index (χ2v) is 8.38. The Balaban J connectivity index is 2.90. The van der Waals surface area contributed by atoms with Crippen molar-refractivity contribution in [1.82, 2.24) is 0 Å². The van der Waals surface area contributed by atoms with E-state index in [2.05, 4.69) is 20.7 Å². The van der Waals surface area contributed by atoms with Crippen LogP contribution in [-0.4, -0.2) is 28.2 Å². The van der Waals surface area contributed by atoms with Gasteiger partial charge in [0.2, 0.25) is 10.0 Å². The normalized spacial score (nSPS) is 12.4. The zero-order valence-electron chi connectivity index (χ0n) is 9.05. The molecule has 0 atom stereocenters. The lowest BCUT2D eigenvalue weighted by Crippen LogP contribution is -2.22. The van der Waals surface area contributed by atoms with E-state index in [1.165, 1.54) is 0 Å². The molecule has 0 saturated heterocycles. The average Bonchev–Trinajstić information content (AvgIpc) is 2.13. The van der Waals surface area contributed by atoms with Crippen molar-refractivity contribution in [3.05, 3.63) is 29.8 Å². The van der Waals surface area contributed by atoms with Gasteiger partial charge in [0.25, 0.3) is 0 Å². The van der Waals surface area contributed by atoms with Gasteiger partial charge in [-0.25, -0.2) is 16.8 Å². The van der Waals surface area contributed by atoms with E-state index in [0.29, 0.717) is 11.0 Å². The van der Waals surface area contributed by atoms with Gasteiger partial charge in [-0.05, 0) is 17.7 Å². The van der Waals surface area contributed by atoms with Gasteiger partial charge >= 0.3 is 0 Å². The van der Waals surface area contributed by atoms with Crippen LogP contribution in [0.25, 0.3) is 0 Å². The number of hydrogen-bond acceptors (Lipinski definition) is 4. The fourth-order valence-electron chi connectivity index (χ4n) is 1.21. The zero-order valence-corrected chi connectivity index (χ0v) is 12.3. The maximum atomic E-state index is 11.5. The predicted octanol–water partition coefficient (Wildman–Crippen LogP) is 1.33. The third kappa shape index (κ3) is 5.51. The van der Waals surface area contributed by atoms with Crippen molar-refractivity contribution in [2.24, 2.45) is 0 Å². The maximum Gasteiger partial charge on any atom is 0.247 e. The van der Waals surface area contributed by atoms with Crippen molar-refractivity contribution >= 4 is 41.5 Å². The Morgan fingerprint density at radius 1 is 1.24 bits per heavy atom. The summed E-state index contributed by atoms with van der Waals surface area (Å²) in [6, 6.07) is 6.71. The molecule has 96 valence electrons. The number of nitrogens with one attached hydrogen (secondary N) is 1. The smallest absolute Gasteiger partial charge is 0.247 e. The van der Waals surface area contributed by atoms with Crippen molar-refractivity contribution in [2.75, 3.05) is 16.1 Å². The summed E-state index contributed by atoms with van der Waals surface area (Å²) in [5, 5.41) is -0.326. The Labute approximate surface area is 109 Å². The molecule has 1 aromatic rings. The first-order chi connectivity index (χ1) is 7.72. The first kappa shape index (κ1) is 14.5. The molecule has 1 aromatic carbocycles. The van der Waals surface area contributed by atoms with Gasteiger partial charge < -0.3 is 0 Å². The fourth-order valence-corrected chi connectivity index (χ4v) is 4.53. The number of halogens is 1. The van der Waals surface area contributed by atoms with Gasteiger partial charge in [0.15, 0.2) is 14.9 Å². The second-order valence-electron chi connectivity index (χ2n) is 3.59. The highest BCUT2D eigenvalue weighted by Gasteiger charge is 2.17. The van der Waals surface area contributed by atoms with Gasteiger partial charge in [-0.2, -0.15) is 0 Å². The minimum Gasteiger partial charge on any atom is -0.283 e. The summed E-state index contributed by atoms with van der Waals surface area (Å²) in [6.45, 7) is 0. The van der Waals surface area contributed by atoms with E-state index in [4.69, 9.17) is 0 Å². The van der Waals surface area contributed by atoms with Crippen molar-refractivity contribution in [3.63, 3.8) is 0 Å². The van der Waals surface area contributed by atoms with Crippen LogP contribution in [0.1, 0.15) is 5.56 Å². The number of anilines is 1. The van der Waals surface area contributed by atoms with E-state index < -0.39 is 24.9 Å². The van der Waals surface area contributed by atoms with Gasteiger partial charge in [-0.3, -0.25) is 4.72 Å². The molecule has 1 rings (SSSR count). The lowest BCUT2D eigenvalue weighted by Gasteiger charge is -2.07. The van der Waals surface area contributed by atoms with Gasteiger partial charge in [0, 0.05) is 17.3 Å². The number of sulfonamides is 1. The molecule has 5 nitrogen and oxygen atoms in total. The SMILES string of the molecule is CS(=O)(=O)CS(=O)(=O)Nc1cccc(CBr)c1. The Kier molecular flexibility index (Phi) is 4.56. The average molecular weight is 342 g/mol. The third-order valence-electron chi connectivity index (χ3n) is 1.72. The standard InChI is InChI=1S/C9H12BrNO4S2/c1-16(12,13)7-17(14,15)11-9-4-2-3-8(5-9)6-10/h2-5,11H,6-7H2,1H3. The van der Waals surface area contributed by atoms with E-state index in [9.17, 15) is 16.8 Å². The van der Waals surface area contributed by atoms with Crippen LogP contribution in [0.2, 0.25) is 0 Å². The minimum atomic E-state index is -3.87. The number of benzene rings is 1. The highest BCUT2D eigenvalue weighted by atomic mass is 79.9. The van der Waals surface area contributed by atoms with Crippen molar-refractivity contribution in [3.8, 4) is 0 Å². The second kappa shape index (κ2) is 5.36. The molecule has 0 bridgehead atoms. The van der Waals surface area contributed by atoms with E-state index in [1.54, 1.807) is 18.2 Å². The quantitative estimate of drug-likeness (QED) is 0.819. The molecule has 0 aliphatic rings. The molecule has 0 fully saturated rings.